The van der Waals surface area contributed by atoms with Gasteiger partial charge < -0.3 is 4.74 Å². The lowest BCUT2D eigenvalue weighted by atomic mass is 10.4. The van der Waals surface area contributed by atoms with Crippen molar-refractivity contribution in [3.05, 3.63) is 60.7 Å². The van der Waals surface area contributed by atoms with E-state index in [4.69, 9.17) is 4.74 Å². The molecule has 0 fully saturated rings. The Morgan fingerprint density at radius 2 is 1.11 bits per heavy atom. The minimum atomic E-state index is 0.777. The minimum absolute atomic E-state index is 0.777. The third-order valence-corrected chi connectivity index (χ3v) is 3.49. The van der Waals surface area contributed by atoms with Crippen LogP contribution < -0.4 is 10.6 Å². The van der Waals surface area contributed by atoms with Crippen molar-refractivity contribution in [2.75, 3.05) is 13.2 Å². The molecule has 0 N–H and O–H groups in total. The van der Waals surface area contributed by atoms with Gasteiger partial charge in [-0.15, -0.1) is 0 Å². The van der Waals surface area contributed by atoms with Gasteiger partial charge >= 0.3 is 0 Å². The molecule has 0 heterocycles. The van der Waals surface area contributed by atoms with Gasteiger partial charge in [0.25, 0.3) is 0 Å². The van der Waals surface area contributed by atoms with Crippen molar-refractivity contribution in [2.24, 2.45) is 0 Å². The summed E-state index contributed by atoms with van der Waals surface area (Å²) >= 11 is 0. The number of hydrogen-bond donors (Lipinski definition) is 0. The molecule has 2 aromatic rings. The quantitative estimate of drug-likeness (QED) is 0.766. The van der Waals surface area contributed by atoms with E-state index in [1.165, 1.54) is 10.6 Å². The van der Waals surface area contributed by atoms with Gasteiger partial charge in [-0.2, -0.15) is 0 Å². The lowest BCUT2D eigenvalue weighted by Crippen LogP contribution is -2.01. The maximum Gasteiger partial charge on any atom is 0.0437 e. The third kappa shape index (κ3) is 6.54. The molecular weight excluding hydrogens is 239 g/mol. The summed E-state index contributed by atoms with van der Waals surface area (Å²) in [5.41, 5.74) is 0. The maximum atomic E-state index is 4.83. The van der Waals surface area contributed by atoms with E-state index >= 15 is 0 Å². The molecule has 18 heavy (non-hydrogen) atoms. The van der Waals surface area contributed by atoms with Crippen LogP contribution in [0.15, 0.2) is 60.7 Å². The van der Waals surface area contributed by atoms with Crippen LogP contribution in [0.1, 0.15) is 13.8 Å². The van der Waals surface area contributed by atoms with Crippen LogP contribution in [-0.2, 0) is 4.74 Å². The molecule has 0 radical (unpaired) electrons. The first-order valence-corrected chi connectivity index (χ1v) is 7.31. The van der Waals surface area contributed by atoms with Gasteiger partial charge in [0.2, 0.25) is 0 Å². The first-order valence-electron chi connectivity index (χ1n) is 6.31. The summed E-state index contributed by atoms with van der Waals surface area (Å²) < 4.78 is 4.83. The molecule has 0 saturated carbocycles. The maximum absolute atomic E-state index is 4.83. The molecule has 1 nitrogen and oxygen atoms in total. The summed E-state index contributed by atoms with van der Waals surface area (Å²) in [6.45, 7) is 5.67. The topological polar surface area (TPSA) is 9.23 Å². The van der Waals surface area contributed by atoms with Crippen LogP contribution in [0, 0.1) is 0 Å². The summed E-state index contributed by atoms with van der Waals surface area (Å²) in [7, 11) is 0.777. The Morgan fingerprint density at radius 3 is 1.39 bits per heavy atom. The number of benzene rings is 2. The highest BCUT2D eigenvalue weighted by molar-refractivity contribution is 7.55. The second kappa shape index (κ2) is 9.82. The fraction of sp³-hybridized carbons (Fsp3) is 0.250. The van der Waals surface area contributed by atoms with Gasteiger partial charge in [-0.1, -0.05) is 69.2 Å². The Labute approximate surface area is 112 Å². The molecule has 0 spiro atoms. The Bertz CT molecular complexity index is 360. The van der Waals surface area contributed by atoms with Crippen molar-refractivity contribution in [1.82, 2.24) is 0 Å². The summed E-state index contributed by atoms with van der Waals surface area (Å²) in [6.07, 6.45) is 0. The Hall–Kier alpha value is -1.17. The van der Waals surface area contributed by atoms with Gasteiger partial charge in [0, 0.05) is 13.2 Å². The Kier molecular flexibility index (Phi) is 8.12. The van der Waals surface area contributed by atoms with Crippen molar-refractivity contribution in [2.45, 2.75) is 13.8 Å². The first kappa shape index (κ1) is 14.9. The standard InChI is InChI=1S/C12H11P.C4H10O/c1-3-7-11(8-4-1)13-12-9-5-2-6-10-12;1-3-5-4-2/h1-10,13H;3-4H2,1-2H3. The van der Waals surface area contributed by atoms with E-state index in [0.29, 0.717) is 0 Å². The molecule has 2 aromatic carbocycles. The second-order valence-electron chi connectivity index (χ2n) is 3.64. The van der Waals surface area contributed by atoms with Crippen LogP contribution in [0.2, 0.25) is 0 Å². The van der Waals surface area contributed by atoms with Crippen molar-refractivity contribution in [3.63, 3.8) is 0 Å². The zero-order valence-corrected chi connectivity index (χ0v) is 12.1. The van der Waals surface area contributed by atoms with Crippen molar-refractivity contribution in [1.29, 1.82) is 0 Å². The minimum Gasteiger partial charge on any atom is -0.382 e. The fourth-order valence-corrected chi connectivity index (χ4v) is 2.47. The van der Waals surface area contributed by atoms with Crippen molar-refractivity contribution in [3.8, 4) is 0 Å². The molecule has 0 aliphatic carbocycles. The predicted octanol–water partition coefficient (Wildman–Crippen LogP) is 3.36. The molecule has 0 unspecified atom stereocenters. The normalized spacial score (nSPS) is 9.44. The van der Waals surface area contributed by atoms with Crippen LogP contribution in [-0.4, -0.2) is 13.2 Å². The summed E-state index contributed by atoms with van der Waals surface area (Å²) in [5, 5.41) is 2.79. The van der Waals surface area contributed by atoms with Crippen LogP contribution in [0.3, 0.4) is 0 Å². The largest absolute Gasteiger partial charge is 0.382 e. The fourth-order valence-electron chi connectivity index (χ4n) is 1.41. The highest BCUT2D eigenvalue weighted by Crippen LogP contribution is 2.08. The average molecular weight is 260 g/mol. The van der Waals surface area contributed by atoms with Crippen molar-refractivity contribution < 1.29 is 4.74 Å². The highest BCUT2D eigenvalue weighted by atomic mass is 31.1. The number of hydrogen-bond acceptors (Lipinski definition) is 1. The summed E-state index contributed by atoms with van der Waals surface area (Å²) in [5.74, 6) is 0. The summed E-state index contributed by atoms with van der Waals surface area (Å²) in [6, 6.07) is 21.2. The summed E-state index contributed by atoms with van der Waals surface area (Å²) in [4.78, 5) is 0. The number of ether oxygens (including phenoxy) is 1. The van der Waals surface area contributed by atoms with E-state index < -0.39 is 0 Å². The van der Waals surface area contributed by atoms with E-state index in [2.05, 4.69) is 60.7 Å². The van der Waals surface area contributed by atoms with E-state index in [9.17, 15) is 0 Å². The SMILES string of the molecule is CCOCC.c1ccc(Pc2ccccc2)cc1. The van der Waals surface area contributed by atoms with Gasteiger partial charge in [0.05, 0.1) is 0 Å². The smallest absolute Gasteiger partial charge is 0.0437 e. The highest BCUT2D eigenvalue weighted by Gasteiger charge is 1.92. The van der Waals surface area contributed by atoms with Gasteiger partial charge in [0.1, 0.15) is 0 Å². The predicted molar refractivity (Wildman–Crippen MR) is 82.6 cm³/mol. The lowest BCUT2D eigenvalue weighted by Gasteiger charge is -2.00. The zero-order chi connectivity index (χ0) is 13.1. The molecule has 0 aromatic heterocycles. The molecule has 0 amide bonds. The van der Waals surface area contributed by atoms with E-state index in [-0.39, 0.29) is 0 Å². The van der Waals surface area contributed by atoms with E-state index in [0.717, 1.165) is 21.8 Å². The lowest BCUT2D eigenvalue weighted by molar-refractivity contribution is 0.162. The molecule has 2 heteroatoms. The third-order valence-electron chi connectivity index (χ3n) is 2.24. The molecular formula is C16H21OP. The molecule has 0 bridgehead atoms. The van der Waals surface area contributed by atoms with Gasteiger partial charge in [-0.05, 0) is 24.5 Å². The van der Waals surface area contributed by atoms with E-state index in [1.54, 1.807) is 0 Å². The van der Waals surface area contributed by atoms with Gasteiger partial charge in [-0.3, -0.25) is 0 Å². The van der Waals surface area contributed by atoms with Crippen LogP contribution in [0.25, 0.3) is 0 Å². The molecule has 0 aliphatic heterocycles. The molecule has 96 valence electrons. The molecule has 0 saturated heterocycles. The molecule has 0 atom stereocenters. The van der Waals surface area contributed by atoms with Crippen LogP contribution >= 0.6 is 8.58 Å². The Morgan fingerprint density at radius 1 is 0.722 bits per heavy atom. The van der Waals surface area contributed by atoms with Crippen LogP contribution in [0.4, 0.5) is 0 Å². The van der Waals surface area contributed by atoms with E-state index in [1.807, 2.05) is 13.8 Å². The first-order chi connectivity index (χ1) is 8.86. The van der Waals surface area contributed by atoms with Gasteiger partial charge in [-0.25, -0.2) is 0 Å². The zero-order valence-electron chi connectivity index (χ0n) is 11.1. The second-order valence-corrected chi connectivity index (χ2v) is 5.04. The number of rotatable bonds is 4. The Balaban J connectivity index is 0.000000280. The molecule has 2 rings (SSSR count). The van der Waals surface area contributed by atoms with Gasteiger partial charge in [0.15, 0.2) is 0 Å². The van der Waals surface area contributed by atoms with Crippen molar-refractivity contribution >= 4 is 19.2 Å². The molecule has 0 aliphatic rings. The monoisotopic (exact) mass is 260 g/mol. The van der Waals surface area contributed by atoms with Crippen LogP contribution in [0.5, 0.6) is 0 Å². The average Bonchev–Trinajstić information content (AvgIpc) is 2.43.